The molecule has 0 aromatic heterocycles. The highest BCUT2D eigenvalue weighted by Crippen LogP contribution is 2.14. The van der Waals surface area contributed by atoms with Crippen LogP contribution in [0.3, 0.4) is 0 Å². The van der Waals surface area contributed by atoms with Crippen molar-refractivity contribution in [2.24, 2.45) is 0 Å². The first-order valence-electron chi connectivity index (χ1n) is 7.69. The summed E-state index contributed by atoms with van der Waals surface area (Å²) in [4.78, 5) is 35.0. The fourth-order valence-corrected chi connectivity index (χ4v) is 2.16. The summed E-state index contributed by atoms with van der Waals surface area (Å²) in [6, 6.07) is 12.8. The predicted octanol–water partition coefficient (Wildman–Crippen LogP) is 1.51. The summed E-state index contributed by atoms with van der Waals surface area (Å²) in [5, 5.41) is 17.5. The molecule has 3 amide bonds. The first-order chi connectivity index (χ1) is 12.0. The third-order valence-corrected chi connectivity index (χ3v) is 3.29. The number of rotatable bonds is 6. The number of hydrogen-bond donors (Lipinski definition) is 4. The van der Waals surface area contributed by atoms with Gasteiger partial charge < -0.3 is 21.1 Å². The molecule has 0 saturated heterocycles. The molecule has 2 rings (SSSR count). The lowest BCUT2D eigenvalue weighted by Crippen LogP contribution is -2.34. The summed E-state index contributed by atoms with van der Waals surface area (Å²) in [7, 11) is 0. The van der Waals surface area contributed by atoms with Gasteiger partial charge in [0.2, 0.25) is 5.91 Å². The summed E-state index contributed by atoms with van der Waals surface area (Å²) in [6.07, 6.45) is 0. The van der Waals surface area contributed by atoms with Crippen LogP contribution in [0, 0.1) is 0 Å². The number of nitrogens with one attached hydrogen (secondary N) is 3. The lowest BCUT2D eigenvalue weighted by molar-refractivity contribution is -0.114. The molecule has 0 aliphatic heterocycles. The molecule has 2 aromatic rings. The van der Waals surface area contributed by atoms with Crippen LogP contribution in [0.2, 0.25) is 0 Å². The minimum Gasteiger partial charge on any atom is -0.507 e. The van der Waals surface area contributed by atoms with Crippen molar-refractivity contribution >= 4 is 23.4 Å². The van der Waals surface area contributed by atoms with Crippen molar-refractivity contribution in [3.05, 3.63) is 59.7 Å². The van der Waals surface area contributed by atoms with Crippen LogP contribution >= 0.6 is 0 Å². The topological polar surface area (TPSA) is 108 Å². The summed E-state index contributed by atoms with van der Waals surface area (Å²) < 4.78 is 0. The minimum atomic E-state index is -0.417. The van der Waals surface area contributed by atoms with Crippen molar-refractivity contribution < 1.29 is 19.5 Å². The van der Waals surface area contributed by atoms with E-state index in [1.54, 1.807) is 36.4 Å². The Morgan fingerprint density at radius 3 is 2.28 bits per heavy atom. The highest BCUT2D eigenvalue weighted by molar-refractivity contribution is 5.97. The van der Waals surface area contributed by atoms with Crippen LogP contribution < -0.4 is 16.0 Å². The number of amides is 3. The minimum absolute atomic E-state index is 0.0983. The van der Waals surface area contributed by atoms with Crippen molar-refractivity contribution in [3.63, 3.8) is 0 Å². The van der Waals surface area contributed by atoms with Gasteiger partial charge >= 0.3 is 0 Å². The molecule has 2 aromatic carbocycles. The average molecular weight is 341 g/mol. The molecular formula is C18H19N3O4. The Hall–Kier alpha value is -3.35. The second kappa shape index (κ2) is 8.49. The van der Waals surface area contributed by atoms with Crippen LogP contribution in [0.1, 0.15) is 27.6 Å². The Labute approximate surface area is 145 Å². The zero-order valence-electron chi connectivity index (χ0n) is 13.7. The van der Waals surface area contributed by atoms with Gasteiger partial charge in [-0.1, -0.05) is 18.2 Å². The second-order valence-electron chi connectivity index (χ2n) is 5.29. The molecule has 0 heterocycles. The maximum absolute atomic E-state index is 12.1. The van der Waals surface area contributed by atoms with Crippen LogP contribution in [0.4, 0.5) is 5.69 Å². The number of aromatic hydroxyl groups is 1. The van der Waals surface area contributed by atoms with Crippen molar-refractivity contribution in [2.75, 3.05) is 18.4 Å². The highest BCUT2D eigenvalue weighted by Gasteiger charge is 2.10. The highest BCUT2D eigenvalue weighted by atomic mass is 16.3. The van der Waals surface area contributed by atoms with E-state index >= 15 is 0 Å². The van der Waals surface area contributed by atoms with Crippen LogP contribution in [-0.2, 0) is 4.79 Å². The Balaban J connectivity index is 1.82. The van der Waals surface area contributed by atoms with Gasteiger partial charge in [0.25, 0.3) is 11.8 Å². The van der Waals surface area contributed by atoms with E-state index in [1.165, 1.54) is 19.1 Å². The molecular weight excluding hydrogens is 322 g/mol. The molecule has 0 saturated carbocycles. The van der Waals surface area contributed by atoms with Gasteiger partial charge in [-0.15, -0.1) is 0 Å². The Morgan fingerprint density at radius 1 is 0.920 bits per heavy atom. The first-order valence-corrected chi connectivity index (χ1v) is 7.69. The van der Waals surface area contributed by atoms with Crippen molar-refractivity contribution in [3.8, 4) is 5.75 Å². The third kappa shape index (κ3) is 5.35. The van der Waals surface area contributed by atoms with E-state index in [0.29, 0.717) is 11.3 Å². The normalized spacial score (nSPS) is 9.96. The predicted molar refractivity (Wildman–Crippen MR) is 93.5 cm³/mol. The van der Waals surface area contributed by atoms with E-state index in [0.717, 1.165) is 0 Å². The second-order valence-corrected chi connectivity index (χ2v) is 5.29. The number of anilines is 1. The fraction of sp³-hybridized carbons (Fsp3) is 0.167. The summed E-state index contributed by atoms with van der Waals surface area (Å²) in [5.74, 6) is -1.05. The molecule has 4 N–H and O–H groups in total. The Bertz CT molecular complexity index is 789. The Morgan fingerprint density at radius 2 is 1.60 bits per heavy atom. The van der Waals surface area contributed by atoms with E-state index in [2.05, 4.69) is 16.0 Å². The smallest absolute Gasteiger partial charge is 0.255 e. The van der Waals surface area contributed by atoms with Crippen LogP contribution in [0.5, 0.6) is 5.75 Å². The molecule has 0 aliphatic carbocycles. The van der Waals surface area contributed by atoms with Gasteiger partial charge in [-0.3, -0.25) is 14.4 Å². The maximum Gasteiger partial charge on any atom is 0.255 e. The molecule has 0 fully saturated rings. The zero-order valence-corrected chi connectivity index (χ0v) is 13.7. The largest absolute Gasteiger partial charge is 0.507 e. The van der Waals surface area contributed by atoms with E-state index in [4.69, 9.17) is 0 Å². The van der Waals surface area contributed by atoms with Gasteiger partial charge in [-0.2, -0.15) is 0 Å². The van der Waals surface area contributed by atoms with Gasteiger partial charge in [0, 0.05) is 31.3 Å². The number of carbonyl (C=O) groups excluding carboxylic acids is 3. The van der Waals surface area contributed by atoms with Crippen molar-refractivity contribution in [1.82, 2.24) is 10.6 Å². The van der Waals surface area contributed by atoms with Crippen LogP contribution in [0.25, 0.3) is 0 Å². The molecule has 7 nitrogen and oxygen atoms in total. The van der Waals surface area contributed by atoms with E-state index in [1.807, 2.05) is 0 Å². The molecule has 0 aliphatic rings. The van der Waals surface area contributed by atoms with Crippen LogP contribution in [0.15, 0.2) is 48.5 Å². The third-order valence-electron chi connectivity index (χ3n) is 3.29. The molecule has 0 spiro atoms. The number of phenolic OH excluding ortho intramolecular Hbond substituents is 1. The molecule has 0 atom stereocenters. The fourth-order valence-electron chi connectivity index (χ4n) is 2.16. The summed E-state index contributed by atoms with van der Waals surface area (Å²) in [6.45, 7) is 1.83. The zero-order chi connectivity index (χ0) is 18.2. The average Bonchev–Trinajstić information content (AvgIpc) is 2.58. The van der Waals surface area contributed by atoms with Crippen molar-refractivity contribution in [1.29, 1.82) is 0 Å². The molecule has 0 unspecified atom stereocenters. The van der Waals surface area contributed by atoms with Crippen LogP contribution in [-0.4, -0.2) is 35.9 Å². The van der Waals surface area contributed by atoms with E-state index < -0.39 is 5.91 Å². The van der Waals surface area contributed by atoms with Gasteiger partial charge in [0.15, 0.2) is 0 Å². The van der Waals surface area contributed by atoms with Gasteiger partial charge in [0.05, 0.1) is 5.56 Å². The lowest BCUT2D eigenvalue weighted by Gasteiger charge is -2.09. The lowest BCUT2D eigenvalue weighted by atomic mass is 10.2. The number of carbonyl (C=O) groups is 3. The Kier molecular flexibility index (Phi) is 6.11. The number of hydrogen-bond acceptors (Lipinski definition) is 4. The molecule has 25 heavy (non-hydrogen) atoms. The molecule has 7 heteroatoms. The van der Waals surface area contributed by atoms with E-state index in [9.17, 15) is 19.5 Å². The number of phenols is 1. The standard InChI is InChI=1S/C18H19N3O4/c1-12(22)21-14-6-4-5-13(11-14)17(24)19-9-10-20-18(25)15-7-2-3-8-16(15)23/h2-8,11,23H,9-10H2,1H3,(H,19,24)(H,20,25)(H,21,22). The number of benzene rings is 2. The van der Waals surface area contributed by atoms with Gasteiger partial charge in [-0.25, -0.2) is 0 Å². The van der Waals surface area contributed by atoms with Gasteiger partial charge in [0.1, 0.15) is 5.75 Å². The molecule has 0 radical (unpaired) electrons. The molecule has 130 valence electrons. The summed E-state index contributed by atoms with van der Waals surface area (Å²) in [5.41, 5.74) is 1.11. The maximum atomic E-state index is 12.1. The molecule has 0 bridgehead atoms. The first kappa shape index (κ1) is 18.0. The quantitative estimate of drug-likeness (QED) is 0.597. The summed E-state index contributed by atoms with van der Waals surface area (Å²) >= 11 is 0. The van der Waals surface area contributed by atoms with Gasteiger partial charge in [-0.05, 0) is 30.3 Å². The van der Waals surface area contributed by atoms with Crippen molar-refractivity contribution in [2.45, 2.75) is 6.92 Å². The SMILES string of the molecule is CC(=O)Nc1cccc(C(=O)NCCNC(=O)c2ccccc2O)c1. The monoisotopic (exact) mass is 341 g/mol. The number of para-hydroxylation sites is 1. The van der Waals surface area contributed by atoms with E-state index in [-0.39, 0.29) is 36.2 Å².